The van der Waals surface area contributed by atoms with Crippen LogP contribution in [0.25, 0.3) is 95.3 Å². The van der Waals surface area contributed by atoms with Crippen molar-refractivity contribution >= 4 is 27.6 Å². The first-order valence-corrected chi connectivity index (χ1v) is 17.6. The van der Waals surface area contributed by atoms with Crippen LogP contribution < -0.4 is 0 Å². The summed E-state index contributed by atoms with van der Waals surface area (Å²) < 4.78 is 2.05. The minimum Gasteiger partial charge on any atom is -0.284 e. The molecule has 0 N–H and O–H groups in total. The van der Waals surface area contributed by atoms with E-state index in [9.17, 15) is 0 Å². The highest BCUT2D eigenvalue weighted by Crippen LogP contribution is 2.35. The number of benzene rings is 6. The molecule has 4 aromatic heterocycles. The van der Waals surface area contributed by atoms with Gasteiger partial charge in [0.1, 0.15) is 11.2 Å². The van der Waals surface area contributed by atoms with Crippen LogP contribution in [-0.4, -0.2) is 29.3 Å². The zero-order chi connectivity index (χ0) is 35.1. The molecule has 0 atom stereocenters. The Morgan fingerprint density at radius 1 is 0.321 bits per heavy atom. The van der Waals surface area contributed by atoms with Gasteiger partial charge < -0.3 is 0 Å². The summed E-state index contributed by atoms with van der Waals surface area (Å²) in [5.41, 5.74) is 11.7. The van der Waals surface area contributed by atoms with Crippen LogP contribution in [0.2, 0.25) is 0 Å². The van der Waals surface area contributed by atoms with E-state index in [1.807, 2.05) is 47.0 Å². The molecule has 0 fully saturated rings. The van der Waals surface area contributed by atoms with E-state index in [1.165, 1.54) is 0 Å². The molecule has 0 aliphatic rings. The molecule has 248 valence electrons. The Morgan fingerprint density at radius 3 is 1.42 bits per heavy atom. The molecule has 6 heteroatoms. The third-order valence-electron chi connectivity index (χ3n) is 9.69. The standard InChI is InChI=1S/C47H30N6/c1-3-12-31(13-4-1)33-21-25-35(26-22-33)44-50-45(36-27-23-34(24-28-36)32-14-5-2-6-15-32)52-46(51-44)38-17-11-16-37(30-38)42-39-18-7-8-19-40(39)43-47(49-42)53-29-10-9-20-41(53)48-43/h1-30H. The minimum atomic E-state index is 0.589. The summed E-state index contributed by atoms with van der Waals surface area (Å²) >= 11 is 0. The monoisotopic (exact) mass is 678 g/mol. The van der Waals surface area contributed by atoms with Crippen molar-refractivity contribution in [3.8, 4) is 67.7 Å². The lowest BCUT2D eigenvalue weighted by atomic mass is 10.0. The van der Waals surface area contributed by atoms with Crippen molar-refractivity contribution in [2.45, 2.75) is 0 Å². The third kappa shape index (κ3) is 5.59. The first-order chi connectivity index (χ1) is 26.2. The lowest BCUT2D eigenvalue weighted by Crippen LogP contribution is -2.00. The molecule has 4 heterocycles. The second-order valence-electron chi connectivity index (χ2n) is 13.0. The average molecular weight is 679 g/mol. The average Bonchev–Trinajstić information content (AvgIpc) is 3.63. The van der Waals surface area contributed by atoms with E-state index in [2.05, 4.69) is 140 Å². The van der Waals surface area contributed by atoms with E-state index < -0.39 is 0 Å². The fraction of sp³-hybridized carbons (Fsp3) is 0. The van der Waals surface area contributed by atoms with Gasteiger partial charge in [0.2, 0.25) is 0 Å². The summed E-state index contributed by atoms with van der Waals surface area (Å²) in [5, 5.41) is 2.10. The Bertz CT molecular complexity index is 2820. The van der Waals surface area contributed by atoms with Crippen LogP contribution in [0, 0.1) is 0 Å². The van der Waals surface area contributed by atoms with Crippen LogP contribution in [0.1, 0.15) is 0 Å². The summed E-state index contributed by atoms with van der Waals surface area (Å²) in [6.07, 6.45) is 2.01. The third-order valence-corrected chi connectivity index (χ3v) is 9.69. The van der Waals surface area contributed by atoms with E-state index in [-0.39, 0.29) is 0 Å². The van der Waals surface area contributed by atoms with Gasteiger partial charge in [-0.3, -0.25) is 4.40 Å². The van der Waals surface area contributed by atoms with Crippen molar-refractivity contribution in [2.24, 2.45) is 0 Å². The van der Waals surface area contributed by atoms with Crippen molar-refractivity contribution in [1.82, 2.24) is 29.3 Å². The number of pyridine rings is 2. The molecule has 0 aliphatic heterocycles. The van der Waals surface area contributed by atoms with E-state index in [0.717, 1.165) is 77.8 Å². The molecule has 0 amide bonds. The van der Waals surface area contributed by atoms with E-state index in [1.54, 1.807) is 0 Å². The van der Waals surface area contributed by atoms with E-state index >= 15 is 0 Å². The molecule has 0 aliphatic carbocycles. The lowest BCUT2D eigenvalue weighted by Gasteiger charge is -2.11. The number of hydrogen-bond donors (Lipinski definition) is 0. The molecule has 0 saturated carbocycles. The smallest absolute Gasteiger partial charge is 0.165 e. The minimum absolute atomic E-state index is 0.589. The Kier molecular flexibility index (Phi) is 7.36. The number of imidazole rings is 1. The largest absolute Gasteiger partial charge is 0.284 e. The Labute approximate surface area is 305 Å². The topological polar surface area (TPSA) is 68.9 Å². The maximum Gasteiger partial charge on any atom is 0.165 e. The van der Waals surface area contributed by atoms with Crippen LogP contribution in [0.4, 0.5) is 0 Å². The maximum absolute atomic E-state index is 5.24. The molecule has 0 unspecified atom stereocenters. The van der Waals surface area contributed by atoms with Crippen molar-refractivity contribution in [3.63, 3.8) is 0 Å². The lowest BCUT2D eigenvalue weighted by molar-refractivity contribution is 1.07. The van der Waals surface area contributed by atoms with Gasteiger partial charge in [0.15, 0.2) is 23.1 Å². The maximum atomic E-state index is 5.24. The van der Waals surface area contributed by atoms with Gasteiger partial charge in [-0.1, -0.05) is 158 Å². The fourth-order valence-electron chi connectivity index (χ4n) is 7.01. The molecule has 0 bridgehead atoms. The number of nitrogens with zero attached hydrogens (tertiary/aromatic N) is 6. The van der Waals surface area contributed by atoms with Gasteiger partial charge in [-0.15, -0.1) is 0 Å². The highest BCUT2D eigenvalue weighted by atomic mass is 15.1. The van der Waals surface area contributed by atoms with Crippen LogP contribution in [-0.2, 0) is 0 Å². The Balaban J connectivity index is 1.11. The second-order valence-corrected chi connectivity index (χ2v) is 13.0. The molecule has 0 radical (unpaired) electrons. The molecule has 0 saturated heterocycles. The van der Waals surface area contributed by atoms with E-state index in [4.69, 9.17) is 24.9 Å². The molecule has 10 aromatic rings. The van der Waals surface area contributed by atoms with Crippen molar-refractivity contribution < 1.29 is 0 Å². The summed E-state index contributed by atoms with van der Waals surface area (Å²) in [5.74, 6) is 1.81. The number of aromatic nitrogens is 6. The molecule has 10 rings (SSSR count). The molecule has 6 aromatic carbocycles. The van der Waals surface area contributed by atoms with Gasteiger partial charge in [0.25, 0.3) is 0 Å². The first-order valence-electron chi connectivity index (χ1n) is 17.6. The molecule has 6 nitrogen and oxygen atoms in total. The van der Waals surface area contributed by atoms with Crippen molar-refractivity contribution in [2.75, 3.05) is 0 Å². The molecular weight excluding hydrogens is 649 g/mol. The first kappa shape index (κ1) is 30.5. The normalized spacial score (nSPS) is 11.4. The van der Waals surface area contributed by atoms with Crippen molar-refractivity contribution in [1.29, 1.82) is 0 Å². The van der Waals surface area contributed by atoms with Gasteiger partial charge in [0, 0.05) is 39.2 Å². The SMILES string of the molecule is c1ccc(-c2ccc(-c3nc(-c4ccc(-c5ccccc5)cc4)nc(-c4cccc(-c5nc6c(nc7ccccn76)c6ccccc56)c4)n3)cc2)cc1. The van der Waals surface area contributed by atoms with E-state index in [0.29, 0.717) is 17.5 Å². The highest BCUT2D eigenvalue weighted by Gasteiger charge is 2.17. The predicted octanol–water partition coefficient (Wildman–Crippen LogP) is 11.2. The zero-order valence-corrected chi connectivity index (χ0v) is 28.5. The quantitative estimate of drug-likeness (QED) is 0.175. The van der Waals surface area contributed by atoms with Crippen LogP contribution in [0.5, 0.6) is 0 Å². The van der Waals surface area contributed by atoms with Crippen LogP contribution in [0.3, 0.4) is 0 Å². The predicted molar refractivity (Wildman–Crippen MR) is 214 cm³/mol. The van der Waals surface area contributed by atoms with Gasteiger partial charge in [0.05, 0.1) is 5.69 Å². The van der Waals surface area contributed by atoms with Crippen molar-refractivity contribution in [3.05, 3.63) is 182 Å². The summed E-state index contributed by atoms with van der Waals surface area (Å²) in [6.45, 7) is 0. The molecule has 0 spiro atoms. The summed E-state index contributed by atoms with van der Waals surface area (Å²) in [4.78, 5) is 25.4. The fourth-order valence-corrected chi connectivity index (χ4v) is 7.01. The zero-order valence-electron chi connectivity index (χ0n) is 28.5. The summed E-state index contributed by atoms with van der Waals surface area (Å²) in [6, 6.07) is 60.3. The van der Waals surface area contributed by atoms with Gasteiger partial charge in [-0.2, -0.15) is 0 Å². The molecule has 53 heavy (non-hydrogen) atoms. The highest BCUT2D eigenvalue weighted by molar-refractivity contribution is 6.09. The van der Waals surface area contributed by atoms with Gasteiger partial charge in [-0.25, -0.2) is 24.9 Å². The molecular formula is C47H30N6. The van der Waals surface area contributed by atoms with Crippen LogP contribution in [0.15, 0.2) is 182 Å². The second kappa shape index (κ2) is 12.8. The van der Waals surface area contributed by atoms with Crippen LogP contribution >= 0.6 is 0 Å². The number of fused-ring (bicyclic) bond motifs is 5. The Morgan fingerprint density at radius 2 is 0.792 bits per heavy atom. The number of rotatable bonds is 6. The van der Waals surface area contributed by atoms with Gasteiger partial charge >= 0.3 is 0 Å². The summed E-state index contributed by atoms with van der Waals surface area (Å²) in [7, 11) is 0. The number of hydrogen-bond acceptors (Lipinski definition) is 5. The Hall–Kier alpha value is -7.31. The van der Waals surface area contributed by atoms with Gasteiger partial charge in [-0.05, 0) is 40.5 Å².